The number of hydrogen-bond donors (Lipinski definition) is 2. The standard InChI is InChI=1S/C26H31BrClN3O/c1-26(2,32)25-30-23-14-20(28)5-10-24(23)31(25)22-8-6-21(7-9-22)29-15-16-11-17-3-4-19(27)13-18(17)12-16/h3-5,10,13-14,16,21-22,29,32H,6-9,11-12,15H2,1-2H3/t16-,21-,22+/m0/s1. The Morgan fingerprint density at radius 1 is 1.09 bits per heavy atom. The average molecular weight is 517 g/mol. The van der Waals surface area contributed by atoms with Gasteiger partial charge in [-0.1, -0.05) is 33.6 Å². The summed E-state index contributed by atoms with van der Waals surface area (Å²) < 4.78 is 3.45. The number of nitrogens with zero attached hydrogens (tertiary/aromatic N) is 2. The Kier molecular flexibility index (Phi) is 6.12. The van der Waals surface area contributed by atoms with Crippen molar-refractivity contribution < 1.29 is 5.11 Å². The Bertz CT molecular complexity index is 1130. The summed E-state index contributed by atoms with van der Waals surface area (Å²) in [5.74, 6) is 1.43. The number of hydrogen-bond acceptors (Lipinski definition) is 3. The van der Waals surface area contributed by atoms with E-state index in [2.05, 4.69) is 44.0 Å². The first kappa shape index (κ1) is 22.4. The highest BCUT2D eigenvalue weighted by Crippen LogP contribution is 2.37. The normalized spacial score (nSPS) is 23.6. The molecule has 1 aromatic heterocycles. The Morgan fingerprint density at radius 2 is 1.84 bits per heavy atom. The lowest BCUT2D eigenvalue weighted by Gasteiger charge is -2.33. The molecular formula is C26H31BrClN3O. The van der Waals surface area contributed by atoms with Crippen LogP contribution in [0.3, 0.4) is 0 Å². The molecule has 4 nitrogen and oxygen atoms in total. The topological polar surface area (TPSA) is 50.1 Å². The number of benzene rings is 2. The highest BCUT2D eigenvalue weighted by molar-refractivity contribution is 9.10. The van der Waals surface area contributed by atoms with Gasteiger partial charge in [-0.15, -0.1) is 0 Å². The van der Waals surface area contributed by atoms with Gasteiger partial charge < -0.3 is 15.0 Å². The first-order valence-electron chi connectivity index (χ1n) is 11.7. The Balaban J connectivity index is 1.23. The highest BCUT2D eigenvalue weighted by atomic mass is 79.9. The van der Waals surface area contributed by atoms with Crippen molar-refractivity contribution in [3.05, 3.63) is 62.8 Å². The van der Waals surface area contributed by atoms with Crippen LogP contribution in [-0.4, -0.2) is 27.2 Å². The largest absolute Gasteiger partial charge is 0.383 e. The van der Waals surface area contributed by atoms with Gasteiger partial charge in [0.05, 0.1) is 11.0 Å². The first-order chi connectivity index (χ1) is 15.3. The molecule has 32 heavy (non-hydrogen) atoms. The summed E-state index contributed by atoms with van der Waals surface area (Å²) in [5, 5.41) is 15.3. The fraction of sp³-hybridized carbons (Fsp3) is 0.500. The predicted molar refractivity (Wildman–Crippen MR) is 134 cm³/mol. The zero-order valence-electron chi connectivity index (χ0n) is 18.7. The molecule has 1 saturated carbocycles. The van der Waals surface area contributed by atoms with Crippen molar-refractivity contribution >= 4 is 38.6 Å². The number of rotatable bonds is 5. The number of imidazole rings is 1. The van der Waals surface area contributed by atoms with E-state index in [0.717, 1.165) is 49.1 Å². The van der Waals surface area contributed by atoms with Gasteiger partial charge in [0.2, 0.25) is 0 Å². The third-order valence-electron chi connectivity index (χ3n) is 7.14. The zero-order chi connectivity index (χ0) is 22.5. The van der Waals surface area contributed by atoms with Gasteiger partial charge in [0, 0.05) is 21.6 Å². The third-order valence-corrected chi connectivity index (χ3v) is 7.87. The maximum atomic E-state index is 10.8. The average Bonchev–Trinajstić information content (AvgIpc) is 3.33. The van der Waals surface area contributed by atoms with E-state index in [4.69, 9.17) is 16.6 Å². The highest BCUT2D eigenvalue weighted by Gasteiger charge is 2.31. The maximum absolute atomic E-state index is 10.8. The second-order valence-electron chi connectivity index (χ2n) is 10.1. The van der Waals surface area contributed by atoms with Gasteiger partial charge in [-0.2, -0.15) is 0 Å². The van der Waals surface area contributed by atoms with Crippen LogP contribution in [0.5, 0.6) is 0 Å². The van der Waals surface area contributed by atoms with Crippen LogP contribution < -0.4 is 5.32 Å². The summed E-state index contributed by atoms with van der Waals surface area (Å²) in [5.41, 5.74) is 3.95. The van der Waals surface area contributed by atoms with E-state index in [1.165, 1.54) is 28.4 Å². The Morgan fingerprint density at radius 3 is 2.59 bits per heavy atom. The molecule has 0 radical (unpaired) electrons. The van der Waals surface area contributed by atoms with Crippen molar-refractivity contribution in [1.29, 1.82) is 0 Å². The first-order valence-corrected chi connectivity index (χ1v) is 12.9. The summed E-state index contributed by atoms with van der Waals surface area (Å²) in [7, 11) is 0. The molecule has 6 heteroatoms. The second-order valence-corrected chi connectivity index (χ2v) is 11.5. The summed E-state index contributed by atoms with van der Waals surface area (Å²) in [6.45, 7) is 4.72. The SMILES string of the molecule is CC(C)(O)c1nc2cc(Cl)ccc2n1[C@H]1CC[C@@H](NC[C@H]2Cc3ccc(Br)cc3C2)CC1. The molecule has 0 bridgehead atoms. The van der Waals surface area contributed by atoms with E-state index < -0.39 is 5.60 Å². The summed E-state index contributed by atoms with van der Waals surface area (Å²) in [6, 6.07) is 13.5. The van der Waals surface area contributed by atoms with Crippen LogP contribution in [0.2, 0.25) is 5.02 Å². The van der Waals surface area contributed by atoms with Crippen molar-refractivity contribution in [3.63, 3.8) is 0 Å². The molecular weight excluding hydrogens is 486 g/mol. The van der Waals surface area contributed by atoms with Crippen LogP contribution in [0, 0.1) is 5.92 Å². The monoisotopic (exact) mass is 515 g/mol. The molecule has 1 fully saturated rings. The summed E-state index contributed by atoms with van der Waals surface area (Å²) >= 11 is 9.80. The van der Waals surface area contributed by atoms with Crippen molar-refractivity contribution in [2.45, 2.75) is 70.1 Å². The lowest BCUT2D eigenvalue weighted by atomic mass is 9.90. The number of nitrogens with one attached hydrogen (secondary N) is 1. The fourth-order valence-electron chi connectivity index (χ4n) is 5.57. The zero-order valence-corrected chi connectivity index (χ0v) is 21.1. The molecule has 0 aliphatic heterocycles. The molecule has 2 N–H and O–H groups in total. The number of aromatic nitrogens is 2. The van der Waals surface area contributed by atoms with Gasteiger partial charge in [0.1, 0.15) is 11.4 Å². The van der Waals surface area contributed by atoms with Crippen LogP contribution in [0.1, 0.15) is 62.5 Å². The van der Waals surface area contributed by atoms with Crippen molar-refractivity contribution in [2.75, 3.05) is 6.54 Å². The van der Waals surface area contributed by atoms with Crippen LogP contribution >= 0.6 is 27.5 Å². The minimum Gasteiger partial charge on any atom is -0.383 e. The van der Waals surface area contributed by atoms with Gasteiger partial charge in [0.25, 0.3) is 0 Å². The van der Waals surface area contributed by atoms with Crippen molar-refractivity contribution in [3.8, 4) is 0 Å². The fourth-order valence-corrected chi connectivity index (χ4v) is 6.14. The van der Waals surface area contributed by atoms with Gasteiger partial charge in [-0.05, 0) is 106 Å². The summed E-state index contributed by atoms with van der Waals surface area (Å²) in [4.78, 5) is 4.76. The van der Waals surface area contributed by atoms with E-state index in [9.17, 15) is 5.11 Å². The molecule has 0 unspecified atom stereocenters. The molecule has 2 aliphatic carbocycles. The van der Waals surface area contributed by atoms with E-state index in [1.807, 2.05) is 32.0 Å². The molecule has 0 spiro atoms. The van der Waals surface area contributed by atoms with Crippen LogP contribution in [0.4, 0.5) is 0 Å². The number of halogens is 2. The lowest BCUT2D eigenvalue weighted by Crippen LogP contribution is -2.37. The second kappa shape index (κ2) is 8.75. The quantitative estimate of drug-likeness (QED) is 0.426. The molecule has 1 atom stereocenters. The van der Waals surface area contributed by atoms with Gasteiger partial charge in [0.15, 0.2) is 0 Å². The van der Waals surface area contributed by atoms with Crippen LogP contribution in [0.25, 0.3) is 11.0 Å². The molecule has 3 aromatic rings. The third kappa shape index (κ3) is 4.50. The van der Waals surface area contributed by atoms with E-state index >= 15 is 0 Å². The lowest BCUT2D eigenvalue weighted by molar-refractivity contribution is 0.0620. The minimum atomic E-state index is -0.993. The van der Waals surface area contributed by atoms with Gasteiger partial charge >= 0.3 is 0 Å². The molecule has 0 saturated heterocycles. The Labute approximate surface area is 203 Å². The predicted octanol–water partition coefficient (Wildman–Crippen LogP) is 6.17. The van der Waals surface area contributed by atoms with Crippen molar-refractivity contribution in [1.82, 2.24) is 14.9 Å². The van der Waals surface area contributed by atoms with Crippen LogP contribution in [-0.2, 0) is 18.4 Å². The van der Waals surface area contributed by atoms with Crippen LogP contribution in [0.15, 0.2) is 40.9 Å². The molecule has 170 valence electrons. The Hall–Kier alpha value is -1.40. The van der Waals surface area contributed by atoms with Gasteiger partial charge in [-0.3, -0.25) is 0 Å². The van der Waals surface area contributed by atoms with E-state index in [-0.39, 0.29) is 0 Å². The number of fused-ring (bicyclic) bond motifs is 2. The van der Waals surface area contributed by atoms with Crippen molar-refractivity contribution in [2.24, 2.45) is 5.92 Å². The smallest absolute Gasteiger partial charge is 0.141 e. The minimum absolute atomic E-state index is 0.355. The molecule has 0 amide bonds. The molecule has 2 aliphatic rings. The summed E-state index contributed by atoms with van der Waals surface area (Å²) in [6.07, 6.45) is 6.83. The molecule has 2 aromatic carbocycles. The van der Waals surface area contributed by atoms with E-state index in [0.29, 0.717) is 23.0 Å². The molecule has 5 rings (SSSR count). The number of aliphatic hydroxyl groups is 1. The maximum Gasteiger partial charge on any atom is 0.141 e. The van der Waals surface area contributed by atoms with E-state index in [1.54, 1.807) is 0 Å². The molecule has 1 heterocycles. The van der Waals surface area contributed by atoms with Gasteiger partial charge in [-0.25, -0.2) is 4.98 Å².